The quantitative estimate of drug-likeness (QED) is 0.658. The fourth-order valence-electron chi connectivity index (χ4n) is 1.32. The molecule has 1 rings (SSSR count). The summed E-state index contributed by atoms with van der Waals surface area (Å²) in [6.45, 7) is 2.90. The number of aliphatic hydroxyl groups excluding tert-OH is 2. The van der Waals surface area contributed by atoms with Crippen LogP contribution in [-0.4, -0.2) is 36.1 Å². The molecule has 1 aromatic carbocycles. The fraction of sp³-hybridized carbons (Fsp3) is 0.500. The summed E-state index contributed by atoms with van der Waals surface area (Å²) < 4.78 is 18.4. The summed E-state index contributed by atoms with van der Waals surface area (Å²) in [5, 5.41) is 20.8. The van der Waals surface area contributed by atoms with Crippen LogP contribution in [0.1, 0.15) is 12.5 Å². The molecule has 0 aliphatic heterocycles. The van der Waals surface area contributed by atoms with Crippen molar-refractivity contribution in [2.45, 2.75) is 19.6 Å². The molecule has 0 saturated carbocycles. The highest BCUT2D eigenvalue weighted by Crippen LogP contribution is 2.16. The Bertz CT molecular complexity index is 347. The average molecular weight is 243 g/mol. The molecule has 0 aromatic heterocycles. The molecule has 1 unspecified atom stereocenters. The van der Waals surface area contributed by atoms with Gasteiger partial charge in [0.25, 0.3) is 0 Å². The lowest BCUT2D eigenvalue weighted by Crippen LogP contribution is -2.21. The molecule has 0 radical (unpaired) electrons. The standard InChI is InChI=1S/C12H18FNO3/c1-2-14-6-9-3-10(13)5-12(4-9)17-8-11(16)7-15/h3-5,11,14-16H,2,6-8H2,1H3. The minimum Gasteiger partial charge on any atom is -0.491 e. The number of aliphatic hydroxyl groups is 2. The van der Waals surface area contributed by atoms with Crippen molar-refractivity contribution in [3.63, 3.8) is 0 Å². The van der Waals surface area contributed by atoms with E-state index in [0.29, 0.717) is 12.3 Å². The van der Waals surface area contributed by atoms with E-state index in [1.807, 2.05) is 6.92 Å². The van der Waals surface area contributed by atoms with Gasteiger partial charge in [-0.25, -0.2) is 4.39 Å². The highest BCUT2D eigenvalue weighted by atomic mass is 19.1. The molecular formula is C12H18FNO3. The van der Waals surface area contributed by atoms with Gasteiger partial charge in [-0.1, -0.05) is 6.92 Å². The van der Waals surface area contributed by atoms with E-state index in [1.54, 1.807) is 6.07 Å². The second kappa shape index (κ2) is 7.21. The van der Waals surface area contributed by atoms with E-state index in [1.165, 1.54) is 12.1 Å². The molecule has 0 amide bonds. The number of hydrogen-bond donors (Lipinski definition) is 3. The Morgan fingerprint density at radius 3 is 2.82 bits per heavy atom. The summed E-state index contributed by atoms with van der Waals surface area (Å²) in [4.78, 5) is 0. The van der Waals surface area contributed by atoms with Crippen molar-refractivity contribution in [3.8, 4) is 5.75 Å². The number of rotatable bonds is 7. The Labute approximate surface area is 100 Å². The molecule has 1 atom stereocenters. The smallest absolute Gasteiger partial charge is 0.127 e. The molecule has 0 bridgehead atoms. The molecule has 0 heterocycles. The summed E-state index contributed by atoms with van der Waals surface area (Å²) in [6.07, 6.45) is -0.949. The summed E-state index contributed by atoms with van der Waals surface area (Å²) in [5.74, 6) is -0.0284. The van der Waals surface area contributed by atoms with Crippen LogP contribution in [0.25, 0.3) is 0 Å². The van der Waals surface area contributed by atoms with Crippen molar-refractivity contribution in [2.75, 3.05) is 19.8 Å². The third-order valence-corrected chi connectivity index (χ3v) is 2.16. The van der Waals surface area contributed by atoms with Gasteiger partial charge < -0.3 is 20.3 Å². The van der Waals surface area contributed by atoms with E-state index in [0.717, 1.165) is 12.1 Å². The molecule has 17 heavy (non-hydrogen) atoms. The van der Waals surface area contributed by atoms with E-state index >= 15 is 0 Å². The molecule has 0 fully saturated rings. The van der Waals surface area contributed by atoms with Gasteiger partial charge in [0.2, 0.25) is 0 Å². The number of ether oxygens (including phenoxy) is 1. The zero-order valence-electron chi connectivity index (χ0n) is 9.82. The van der Waals surface area contributed by atoms with Gasteiger partial charge in [-0.05, 0) is 24.2 Å². The molecule has 1 aromatic rings. The van der Waals surface area contributed by atoms with Gasteiger partial charge in [0.1, 0.15) is 24.3 Å². The fourth-order valence-corrected chi connectivity index (χ4v) is 1.32. The zero-order chi connectivity index (χ0) is 12.7. The molecule has 3 N–H and O–H groups in total. The largest absolute Gasteiger partial charge is 0.491 e. The van der Waals surface area contributed by atoms with Crippen LogP contribution in [0.2, 0.25) is 0 Å². The normalized spacial score (nSPS) is 12.5. The Kier molecular flexibility index (Phi) is 5.90. The topological polar surface area (TPSA) is 61.7 Å². The number of benzene rings is 1. The lowest BCUT2D eigenvalue weighted by molar-refractivity contribution is 0.0535. The monoisotopic (exact) mass is 243 g/mol. The lowest BCUT2D eigenvalue weighted by Gasteiger charge is -2.11. The van der Waals surface area contributed by atoms with E-state index in [-0.39, 0.29) is 19.0 Å². The van der Waals surface area contributed by atoms with E-state index in [9.17, 15) is 4.39 Å². The molecule has 0 aliphatic carbocycles. The molecule has 0 aliphatic rings. The maximum Gasteiger partial charge on any atom is 0.127 e. The Morgan fingerprint density at radius 2 is 2.18 bits per heavy atom. The van der Waals surface area contributed by atoms with Crippen molar-refractivity contribution in [1.29, 1.82) is 0 Å². The molecule has 96 valence electrons. The van der Waals surface area contributed by atoms with Crippen LogP contribution < -0.4 is 10.1 Å². The van der Waals surface area contributed by atoms with Crippen molar-refractivity contribution in [1.82, 2.24) is 5.32 Å². The second-order valence-corrected chi connectivity index (χ2v) is 3.72. The Balaban J connectivity index is 2.61. The number of halogens is 1. The van der Waals surface area contributed by atoms with Gasteiger partial charge >= 0.3 is 0 Å². The lowest BCUT2D eigenvalue weighted by atomic mass is 10.2. The van der Waals surface area contributed by atoms with Crippen LogP contribution in [0.3, 0.4) is 0 Å². The van der Waals surface area contributed by atoms with Crippen LogP contribution in [0.5, 0.6) is 5.75 Å². The Morgan fingerprint density at radius 1 is 1.41 bits per heavy atom. The highest BCUT2D eigenvalue weighted by molar-refractivity contribution is 5.29. The van der Waals surface area contributed by atoms with Gasteiger partial charge in [-0.2, -0.15) is 0 Å². The average Bonchev–Trinajstić information content (AvgIpc) is 2.32. The summed E-state index contributed by atoms with van der Waals surface area (Å²) in [6, 6.07) is 4.38. The molecule has 0 spiro atoms. The van der Waals surface area contributed by atoms with Gasteiger partial charge in [0.15, 0.2) is 0 Å². The van der Waals surface area contributed by atoms with Crippen LogP contribution in [-0.2, 0) is 6.54 Å². The highest BCUT2D eigenvalue weighted by Gasteiger charge is 2.05. The summed E-state index contributed by atoms with van der Waals surface area (Å²) >= 11 is 0. The van der Waals surface area contributed by atoms with Crippen molar-refractivity contribution in [3.05, 3.63) is 29.6 Å². The SMILES string of the molecule is CCNCc1cc(F)cc(OCC(O)CO)c1. The van der Waals surface area contributed by atoms with E-state index in [4.69, 9.17) is 14.9 Å². The molecule has 4 nitrogen and oxygen atoms in total. The predicted molar refractivity (Wildman–Crippen MR) is 62.4 cm³/mol. The first kappa shape index (κ1) is 13.9. The first-order valence-electron chi connectivity index (χ1n) is 5.57. The van der Waals surface area contributed by atoms with Gasteiger partial charge in [-0.3, -0.25) is 0 Å². The zero-order valence-corrected chi connectivity index (χ0v) is 9.82. The van der Waals surface area contributed by atoms with Crippen LogP contribution in [0, 0.1) is 5.82 Å². The second-order valence-electron chi connectivity index (χ2n) is 3.72. The van der Waals surface area contributed by atoms with Crippen LogP contribution in [0.15, 0.2) is 18.2 Å². The van der Waals surface area contributed by atoms with Crippen molar-refractivity contribution >= 4 is 0 Å². The number of nitrogens with one attached hydrogen (secondary N) is 1. The van der Waals surface area contributed by atoms with Crippen molar-refractivity contribution < 1.29 is 19.3 Å². The Hall–Kier alpha value is -1.17. The minimum atomic E-state index is -0.949. The van der Waals surface area contributed by atoms with Gasteiger partial charge in [0, 0.05) is 12.6 Å². The first-order chi connectivity index (χ1) is 8.15. The third-order valence-electron chi connectivity index (χ3n) is 2.16. The molecular weight excluding hydrogens is 225 g/mol. The summed E-state index contributed by atoms with van der Waals surface area (Å²) in [7, 11) is 0. The van der Waals surface area contributed by atoms with E-state index in [2.05, 4.69) is 5.32 Å². The van der Waals surface area contributed by atoms with Crippen molar-refractivity contribution in [2.24, 2.45) is 0 Å². The molecule has 5 heteroatoms. The van der Waals surface area contributed by atoms with Crippen LogP contribution >= 0.6 is 0 Å². The first-order valence-corrected chi connectivity index (χ1v) is 5.57. The van der Waals surface area contributed by atoms with Gasteiger partial charge in [0.05, 0.1) is 6.61 Å². The predicted octanol–water partition coefficient (Wildman–Crippen LogP) is 0.667. The minimum absolute atomic E-state index is 0.0550. The molecule has 0 saturated heterocycles. The van der Waals surface area contributed by atoms with E-state index < -0.39 is 6.10 Å². The summed E-state index contributed by atoms with van der Waals surface area (Å²) in [5.41, 5.74) is 0.778. The van der Waals surface area contributed by atoms with Crippen LogP contribution in [0.4, 0.5) is 4.39 Å². The number of hydrogen-bond acceptors (Lipinski definition) is 4. The van der Waals surface area contributed by atoms with Gasteiger partial charge in [-0.15, -0.1) is 0 Å². The maximum atomic E-state index is 13.2. The maximum absolute atomic E-state index is 13.2. The third kappa shape index (κ3) is 5.12.